The SMILES string of the molecule is CC1=C(C(=O)Nc2ccc(C)c(C)c2)[C@H](c2ccc(N(C)C)cc2)NC(=O)N1. The Morgan fingerprint density at radius 2 is 1.68 bits per heavy atom. The monoisotopic (exact) mass is 378 g/mol. The zero-order valence-electron chi connectivity index (χ0n) is 16.9. The van der Waals surface area contributed by atoms with E-state index in [1.807, 2.05) is 75.3 Å². The van der Waals surface area contributed by atoms with Crippen molar-refractivity contribution in [1.82, 2.24) is 10.6 Å². The number of hydrogen-bond acceptors (Lipinski definition) is 3. The minimum atomic E-state index is -0.517. The van der Waals surface area contributed by atoms with Crippen LogP contribution in [0, 0.1) is 13.8 Å². The van der Waals surface area contributed by atoms with Crippen LogP contribution >= 0.6 is 0 Å². The molecule has 3 rings (SSSR count). The Labute approximate surface area is 165 Å². The Morgan fingerprint density at radius 1 is 1.00 bits per heavy atom. The molecule has 0 spiro atoms. The fraction of sp³-hybridized carbons (Fsp3) is 0.273. The van der Waals surface area contributed by atoms with Gasteiger partial charge in [-0.3, -0.25) is 4.79 Å². The van der Waals surface area contributed by atoms with E-state index < -0.39 is 6.04 Å². The minimum absolute atomic E-state index is 0.241. The summed E-state index contributed by atoms with van der Waals surface area (Å²) >= 11 is 0. The van der Waals surface area contributed by atoms with Gasteiger partial charge in [-0.1, -0.05) is 18.2 Å². The zero-order chi connectivity index (χ0) is 20.4. The van der Waals surface area contributed by atoms with Gasteiger partial charge < -0.3 is 20.9 Å². The number of anilines is 2. The lowest BCUT2D eigenvalue weighted by Crippen LogP contribution is -2.45. The smallest absolute Gasteiger partial charge is 0.319 e. The number of carbonyl (C=O) groups excluding carboxylic acids is 2. The molecule has 28 heavy (non-hydrogen) atoms. The van der Waals surface area contributed by atoms with E-state index in [4.69, 9.17) is 0 Å². The van der Waals surface area contributed by atoms with Crippen molar-refractivity contribution in [3.05, 3.63) is 70.4 Å². The lowest BCUT2D eigenvalue weighted by molar-refractivity contribution is -0.113. The van der Waals surface area contributed by atoms with Crippen LogP contribution in [0.4, 0.5) is 16.2 Å². The Hall–Kier alpha value is -3.28. The van der Waals surface area contributed by atoms with Crippen LogP contribution in [-0.4, -0.2) is 26.0 Å². The van der Waals surface area contributed by atoms with E-state index in [9.17, 15) is 9.59 Å². The molecule has 2 aromatic rings. The number of nitrogens with zero attached hydrogens (tertiary/aromatic N) is 1. The van der Waals surface area contributed by atoms with Crippen molar-refractivity contribution in [2.24, 2.45) is 0 Å². The number of benzene rings is 2. The van der Waals surface area contributed by atoms with Crippen molar-refractivity contribution in [2.45, 2.75) is 26.8 Å². The quantitative estimate of drug-likeness (QED) is 0.761. The van der Waals surface area contributed by atoms with Crippen molar-refractivity contribution < 1.29 is 9.59 Å². The number of urea groups is 1. The molecule has 1 aliphatic rings. The fourth-order valence-electron chi connectivity index (χ4n) is 3.23. The van der Waals surface area contributed by atoms with E-state index in [1.54, 1.807) is 6.92 Å². The highest BCUT2D eigenvalue weighted by atomic mass is 16.2. The average Bonchev–Trinajstić information content (AvgIpc) is 2.64. The third kappa shape index (κ3) is 4.01. The summed E-state index contributed by atoms with van der Waals surface area (Å²) in [5, 5.41) is 8.53. The lowest BCUT2D eigenvalue weighted by Gasteiger charge is -2.29. The topological polar surface area (TPSA) is 73.5 Å². The number of rotatable bonds is 4. The number of carbonyl (C=O) groups is 2. The summed E-state index contributed by atoms with van der Waals surface area (Å²) in [6.45, 7) is 5.78. The molecule has 0 saturated carbocycles. The standard InChI is InChI=1S/C22H26N4O2/c1-13-6-9-17(12-14(13)2)24-21(27)19-15(3)23-22(28)25-20(19)16-7-10-18(11-8-16)26(4)5/h6-12,20H,1-5H3,(H,24,27)(H2,23,25,28)/t20-/m0/s1. The van der Waals surface area contributed by atoms with Crippen LogP contribution in [0.2, 0.25) is 0 Å². The molecule has 0 aromatic heterocycles. The summed E-state index contributed by atoms with van der Waals surface area (Å²) in [5.74, 6) is -0.241. The predicted octanol–water partition coefficient (Wildman–Crippen LogP) is 3.64. The summed E-state index contributed by atoms with van der Waals surface area (Å²) in [6.07, 6.45) is 0. The van der Waals surface area contributed by atoms with Gasteiger partial charge in [-0.25, -0.2) is 4.79 Å². The van der Waals surface area contributed by atoms with E-state index in [1.165, 1.54) is 5.56 Å². The van der Waals surface area contributed by atoms with Gasteiger partial charge in [0.1, 0.15) is 0 Å². The highest BCUT2D eigenvalue weighted by molar-refractivity contribution is 6.06. The van der Waals surface area contributed by atoms with Crippen LogP contribution in [0.5, 0.6) is 0 Å². The van der Waals surface area contributed by atoms with Crippen LogP contribution < -0.4 is 20.9 Å². The van der Waals surface area contributed by atoms with Crippen LogP contribution in [0.1, 0.15) is 29.7 Å². The van der Waals surface area contributed by atoms with E-state index in [-0.39, 0.29) is 11.9 Å². The van der Waals surface area contributed by atoms with Crippen LogP contribution in [0.25, 0.3) is 0 Å². The highest BCUT2D eigenvalue weighted by Crippen LogP contribution is 2.29. The molecule has 6 heteroatoms. The molecule has 146 valence electrons. The number of nitrogens with one attached hydrogen (secondary N) is 3. The molecule has 1 heterocycles. The second-order valence-electron chi connectivity index (χ2n) is 7.31. The Bertz CT molecular complexity index is 946. The van der Waals surface area contributed by atoms with Crippen molar-refractivity contribution in [1.29, 1.82) is 0 Å². The van der Waals surface area contributed by atoms with E-state index in [0.29, 0.717) is 11.3 Å². The number of aryl methyl sites for hydroxylation is 2. The summed E-state index contributed by atoms with van der Waals surface area (Å²) in [4.78, 5) is 27.1. The summed E-state index contributed by atoms with van der Waals surface area (Å²) < 4.78 is 0. The molecule has 3 amide bonds. The Balaban J connectivity index is 1.92. The molecule has 0 aliphatic carbocycles. The first-order valence-electron chi connectivity index (χ1n) is 9.20. The van der Waals surface area contributed by atoms with Crippen LogP contribution in [0.15, 0.2) is 53.7 Å². The van der Waals surface area contributed by atoms with Crippen LogP contribution in [-0.2, 0) is 4.79 Å². The molecule has 1 aliphatic heterocycles. The molecule has 3 N–H and O–H groups in total. The third-order valence-electron chi connectivity index (χ3n) is 5.02. The number of amides is 3. The zero-order valence-corrected chi connectivity index (χ0v) is 16.9. The number of hydrogen-bond donors (Lipinski definition) is 3. The first kappa shape index (κ1) is 19.5. The van der Waals surface area contributed by atoms with Gasteiger partial charge in [0.05, 0.1) is 11.6 Å². The van der Waals surface area contributed by atoms with E-state index >= 15 is 0 Å². The van der Waals surface area contributed by atoms with Gasteiger partial charge in [-0.15, -0.1) is 0 Å². The molecule has 0 bridgehead atoms. The molecular weight excluding hydrogens is 352 g/mol. The summed E-state index contributed by atoms with van der Waals surface area (Å²) in [6, 6.07) is 12.8. The molecule has 0 unspecified atom stereocenters. The van der Waals surface area contributed by atoms with Gasteiger partial charge in [0.25, 0.3) is 5.91 Å². The van der Waals surface area contributed by atoms with Crippen molar-refractivity contribution in [2.75, 3.05) is 24.3 Å². The molecular formula is C22H26N4O2. The summed E-state index contributed by atoms with van der Waals surface area (Å²) in [5.41, 5.74) is 5.94. The fourth-order valence-corrected chi connectivity index (χ4v) is 3.23. The lowest BCUT2D eigenvalue weighted by atomic mass is 9.94. The molecule has 2 aromatic carbocycles. The maximum absolute atomic E-state index is 13.1. The molecule has 1 atom stereocenters. The number of allylic oxidation sites excluding steroid dienone is 1. The van der Waals surface area contributed by atoms with Gasteiger partial charge in [0.2, 0.25) is 0 Å². The van der Waals surface area contributed by atoms with Gasteiger partial charge in [0.15, 0.2) is 0 Å². The van der Waals surface area contributed by atoms with Crippen molar-refractivity contribution >= 4 is 23.3 Å². The molecule has 0 fully saturated rings. The van der Waals surface area contributed by atoms with Crippen molar-refractivity contribution in [3.8, 4) is 0 Å². The summed E-state index contributed by atoms with van der Waals surface area (Å²) in [7, 11) is 3.93. The van der Waals surface area contributed by atoms with Gasteiger partial charge >= 0.3 is 6.03 Å². The van der Waals surface area contributed by atoms with Gasteiger partial charge in [-0.2, -0.15) is 0 Å². The first-order valence-corrected chi connectivity index (χ1v) is 9.20. The second-order valence-corrected chi connectivity index (χ2v) is 7.31. The predicted molar refractivity (Wildman–Crippen MR) is 112 cm³/mol. The third-order valence-corrected chi connectivity index (χ3v) is 5.02. The minimum Gasteiger partial charge on any atom is -0.378 e. The maximum Gasteiger partial charge on any atom is 0.319 e. The second kappa shape index (κ2) is 7.76. The normalized spacial score (nSPS) is 16.3. The Kier molecular flexibility index (Phi) is 5.40. The van der Waals surface area contributed by atoms with E-state index in [0.717, 1.165) is 22.5 Å². The maximum atomic E-state index is 13.1. The Morgan fingerprint density at radius 3 is 2.29 bits per heavy atom. The molecule has 6 nitrogen and oxygen atoms in total. The molecule has 0 radical (unpaired) electrons. The molecule has 0 saturated heterocycles. The van der Waals surface area contributed by atoms with Gasteiger partial charge in [-0.05, 0) is 61.7 Å². The van der Waals surface area contributed by atoms with E-state index in [2.05, 4.69) is 16.0 Å². The average molecular weight is 378 g/mol. The first-order chi connectivity index (χ1) is 13.3. The highest BCUT2D eigenvalue weighted by Gasteiger charge is 2.31. The van der Waals surface area contributed by atoms with Crippen LogP contribution in [0.3, 0.4) is 0 Å². The van der Waals surface area contributed by atoms with Crippen molar-refractivity contribution in [3.63, 3.8) is 0 Å². The van der Waals surface area contributed by atoms with Gasteiger partial charge in [0, 0.05) is 31.2 Å². The largest absolute Gasteiger partial charge is 0.378 e.